The molecule has 1 rings (SSSR count). The zero-order valence-electron chi connectivity index (χ0n) is 9.45. The third-order valence-electron chi connectivity index (χ3n) is 2.68. The molecule has 3 nitrogen and oxygen atoms in total. The van der Waals surface area contributed by atoms with Crippen LogP contribution in [0.2, 0.25) is 0 Å². The van der Waals surface area contributed by atoms with E-state index in [0.29, 0.717) is 11.9 Å². The number of nitrogens with zero attached hydrogens (tertiary/aromatic N) is 1. The molecule has 1 fully saturated rings. The van der Waals surface area contributed by atoms with Crippen molar-refractivity contribution in [1.82, 2.24) is 4.90 Å². The molecule has 1 atom stereocenters. The first-order valence-corrected chi connectivity index (χ1v) is 6.35. The maximum absolute atomic E-state index is 11.6. The van der Waals surface area contributed by atoms with Gasteiger partial charge in [-0.3, -0.25) is 0 Å². The summed E-state index contributed by atoms with van der Waals surface area (Å²) >= 11 is 4.45. The summed E-state index contributed by atoms with van der Waals surface area (Å²) in [6.07, 6.45) is 4.98. The molecule has 1 amide bonds. The molecule has 4 heteroatoms. The fourth-order valence-corrected chi connectivity index (χ4v) is 1.95. The van der Waals surface area contributed by atoms with E-state index in [2.05, 4.69) is 19.6 Å². The monoisotopic (exact) mass is 231 g/mol. The van der Waals surface area contributed by atoms with Crippen LogP contribution in [0.1, 0.15) is 39.0 Å². The van der Waals surface area contributed by atoms with Crippen LogP contribution in [0.5, 0.6) is 0 Å². The van der Waals surface area contributed by atoms with Gasteiger partial charge in [0.05, 0.1) is 6.61 Å². The first-order chi connectivity index (χ1) is 7.24. The maximum atomic E-state index is 11.6. The van der Waals surface area contributed by atoms with Crippen LogP contribution in [-0.2, 0) is 4.74 Å². The van der Waals surface area contributed by atoms with Crippen molar-refractivity contribution in [1.29, 1.82) is 0 Å². The van der Waals surface area contributed by atoms with Gasteiger partial charge in [0.1, 0.15) is 0 Å². The molecule has 15 heavy (non-hydrogen) atoms. The Kier molecular flexibility index (Phi) is 5.91. The second-order valence-corrected chi connectivity index (χ2v) is 4.77. The van der Waals surface area contributed by atoms with Gasteiger partial charge >= 0.3 is 6.09 Å². The average molecular weight is 231 g/mol. The van der Waals surface area contributed by atoms with E-state index in [1.54, 1.807) is 0 Å². The van der Waals surface area contributed by atoms with Gasteiger partial charge in [0.2, 0.25) is 0 Å². The van der Waals surface area contributed by atoms with E-state index in [1.807, 2.05) is 4.90 Å². The summed E-state index contributed by atoms with van der Waals surface area (Å²) in [5.74, 6) is 0. The topological polar surface area (TPSA) is 29.5 Å². The summed E-state index contributed by atoms with van der Waals surface area (Å²) in [6.45, 7) is 4.25. The SMILES string of the molecule is CCCCOC(=O)N1CCCC(S)CC1. The van der Waals surface area contributed by atoms with E-state index in [-0.39, 0.29) is 6.09 Å². The minimum atomic E-state index is -0.147. The molecule has 1 unspecified atom stereocenters. The van der Waals surface area contributed by atoms with E-state index < -0.39 is 0 Å². The fraction of sp³-hybridized carbons (Fsp3) is 0.909. The highest BCUT2D eigenvalue weighted by Crippen LogP contribution is 2.16. The lowest BCUT2D eigenvalue weighted by molar-refractivity contribution is 0.102. The molecule has 0 N–H and O–H groups in total. The van der Waals surface area contributed by atoms with Crippen molar-refractivity contribution in [2.45, 2.75) is 44.3 Å². The normalized spacial score (nSPS) is 22.3. The zero-order valence-corrected chi connectivity index (χ0v) is 10.3. The summed E-state index contributed by atoms with van der Waals surface area (Å²) in [4.78, 5) is 13.4. The fourth-order valence-electron chi connectivity index (χ4n) is 1.66. The van der Waals surface area contributed by atoms with Crippen molar-refractivity contribution in [2.24, 2.45) is 0 Å². The summed E-state index contributed by atoms with van der Waals surface area (Å²) in [7, 11) is 0. The predicted molar refractivity (Wildman–Crippen MR) is 64.5 cm³/mol. The Labute approximate surface area is 97.6 Å². The van der Waals surface area contributed by atoms with Gasteiger partial charge in [-0.15, -0.1) is 0 Å². The largest absolute Gasteiger partial charge is 0.449 e. The lowest BCUT2D eigenvalue weighted by Gasteiger charge is -2.19. The van der Waals surface area contributed by atoms with Crippen molar-refractivity contribution in [3.8, 4) is 0 Å². The van der Waals surface area contributed by atoms with Crippen LogP contribution in [0.25, 0.3) is 0 Å². The first kappa shape index (κ1) is 12.7. The van der Waals surface area contributed by atoms with Crippen molar-refractivity contribution >= 4 is 18.7 Å². The van der Waals surface area contributed by atoms with Crippen molar-refractivity contribution in [3.63, 3.8) is 0 Å². The van der Waals surface area contributed by atoms with Gasteiger partial charge < -0.3 is 9.64 Å². The number of ether oxygens (including phenoxy) is 1. The molecule has 1 aliphatic heterocycles. The van der Waals surface area contributed by atoms with Gasteiger partial charge in [-0.1, -0.05) is 13.3 Å². The third kappa shape index (κ3) is 4.78. The third-order valence-corrected chi connectivity index (χ3v) is 3.20. The van der Waals surface area contributed by atoms with E-state index in [0.717, 1.165) is 45.2 Å². The Morgan fingerprint density at radius 2 is 2.27 bits per heavy atom. The number of thiol groups is 1. The van der Waals surface area contributed by atoms with Gasteiger partial charge in [0, 0.05) is 18.3 Å². The Hall–Kier alpha value is -0.380. The van der Waals surface area contributed by atoms with Crippen LogP contribution in [0.15, 0.2) is 0 Å². The summed E-state index contributed by atoms with van der Waals surface area (Å²) in [6, 6.07) is 0. The zero-order chi connectivity index (χ0) is 11.1. The van der Waals surface area contributed by atoms with Crippen molar-refractivity contribution in [3.05, 3.63) is 0 Å². The van der Waals surface area contributed by atoms with Crippen LogP contribution in [0.3, 0.4) is 0 Å². The number of carbonyl (C=O) groups excluding carboxylic acids is 1. The molecule has 0 radical (unpaired) electrons. The molecule has 0 aromatic heterocycles. The van der Waals surface area contributed by atoms with E-state index in [4.69, 9.17) is 4.74 Å². The van der Waals surface area contributed by atoms with Gasteiger partial charge in [0.15, 0.2) is 0 Å². The van der Waals surface area contributed by atoms with Crippen molar-refractivity contribution in [2.75, 3.05) is 19.7 Å². The summed E-state index contributed by atoms with van der Waals surface area (Å²) in [5, 5.41) is 0.443. The smallest absolute Gasteiger partial charge is 0.409 e. The maximum Gasteiger partial charge on any atom is 0.409 e. The van der Waals surface area contributed by atoms with Crippen LogP contribution < -0.4 is 0 Å². The van der Waals surface area contributed by atoms with Crippen LogP contribution in [-0.4, -0.2) is 35.9 Å². The second-order valence-electron chi connectivity index (χ2n) is 4.04. The highest BCUT2D eigenvalue weighted by Gasteiger charge is 2.19. The number of hydrogen-bond acceptors (Lipinski definition) is 3. The average Bonchev–Trinajstić information content (AvgIpc) is 2.43. The lowest BCUT2D eigenvalue weighted by Crippen LogP contribution is -2.32. The molecule has 0 aromatic carbocycles. The van der Waals surface area contributed by atoms with Gasteiger partial charge in [0.25, 0.3) is 0 Å². The number of carbonyl (C=O) groups is 1. The molecule has 1 aliphatic rings. The molecular weight excluding hydrogens is 210 g/mol. The number of rotatable bonds is 3. The van der Waals surface area contributed by atoms with Crippen LogP contribution >= 0.6 is 12.6 Å². The number of hydrogen-bond donors (Lipinski definition) is 1. The van der Waals surface area contributed by atoms with Gasteiger partial charge in [-0.05, 0) is 25.7 Å². The summed E-state index contributed by atoms with van der Waals surface area (Å²) in [5.41, 5.74) is 0. The molecule has 88 valence electrons. The Balaban J connectivity index is 2.25. The Morgan fingerprint density at radius 1 is 1.47 bits per heavy atom. The molecule has 0 aliphatic carbocycles. The van der Waals surface area contributed by atoms with Crippen LogP contribution in [0, 0.1) is 0 Å². The molecule has 1 saturated heterocycles. The number of amides is 1. The molecular formula is C11H21NO2S. The Bertz CT molecular complexity index is 199. The minimum absolute atomic E-state index is 0.147. The molecule has 0 saturated carbocycles. The Morgan fingerprint density at radius 3 is 3.00 bits per heavy atom. The van der Waals surface area contributed by atoms with Crippen LogP contribution in [0.4, 0.5) is 4.79 Å². The molecule has 0 spiro atoms. The minimum Gasteiger partial charge on any atom is -0.449 e. The highest BCUT2D eigenvalue weighted by molar-refractivity contribution is 7.80. The quantitative estimate of drug-likeness (QED) is 0.598. The van der Waals surface area contributed by atoms with E-state index in [9.17, 15) is 4.79 Å². The summed E-state index contributed by atoms with van der Waals surface area (Å²) < 4.78 is 5.17. The number of unbranched alkanes of at least 4 members (excludes halogenated alkanes) is 1. The van der Waals surface area contributed by atoms with E-state index in [1.165, 1.54) is 0 Å². The standard InChI is InChI=1S/C11H21NO2S/c1-2-3-9-14-11(13)12-7-4-5-10(15)6-8-12/h10,15H,2-9H2,1H3. The number of likely N-dealkylation sites (tertiary alicyclic amines) is 1. The first-order valence-electron chi connectivity index (χ1n) is 5.83. The van der Waals surface area contributed by atoms with Crippen molar-refractivity contribution < 1.29 is 9.53 Å². The highest BCUT2D eigenvalue weighted by atomic mass is 32.1. The lowest BCUT2D eigenvalue weighted by atomic mass is 10.2. The van der Waals surface area contributed by atoms with Gasteiger partial charge in [-0.2, -0.15) is 12.6 Å². The molecule has 0 aromatic rings. The molecule has 0 bridgehead atoms. The second kappa shape index (κ2) is 6.99. The molecule has 1 heterocycles. The van der Waals surface area contributed by atoms with E-state index >= 15 is 0 Å². The predicted octanol–water partition coefficient (Wildman–Crippen LogP) is 2.71. The van der Waals surface area contributed by atoms with Gasteiger partial charge in [-0.25, -0.2) is 4.79 Å².